The topological polar surface area (TPSA) is 57.6 Å². The van der Waals surface area contributed by atoms with E-state index in [1.165, 1.54) is 0 Å². The van der Waals surface area contributed by atoms with E-state index >= 15 is 0 Å². The van der Waals surface area contributed by atoms with Crippen LogP contribution in [-0.2, 0) is 15.0 Å². The summed E-state index contributed by atoms with van der Waals surface area (Å²) in [6.07, 6.45) is 4.29. The fourth-order valence-corrected chi connectivity index (χ4v) is 3.58. The van der Waals surface area contributed by atoms with E-state index in [-0.39, 0.29) is 5.91 Å². The fourth-order valence-electron chi connectivity index (χ4n) is 3.58. The second-order valence-corrected chi connectivity index (χ2v) is 6.23. The minimum absolute atomic E-state index is 0.130. The quantitative estimate of drug-likeness (QED) is 0.929. The molecule has 1 heterocycles. The summed E-state index contributed by atoms with van der Waals surface area (Å²) in [5, 5.41) is 9.19. The Morgan fingerprint density at radius 2 is 1.86 bits per heavy atom. The molecule has 3 rings (SSSR count). The molecule has 1 N–H and O–H groups in total. The van der Waals surface area contributed by atoms with Crippen LogP contribution in [0.5, 0.6) is 0 Å². The minimum Gasteiger partial charge on any atom is -0.481 e. The summed E-state index contributed by atoms with van der Waals surface area (Å²) in [6.45, 7) is 1.06. The average Bonchev–Trinajstić information content (AvgIpc) is 2.47. The van der Waals surface area contributed by atoms with Crippen molar-refractivity contribution in [3.05, 3.63) is 35.9 Å². The third-order valence-electron chi connectivity index (χ3n) is 5.00. The van der Waals surface area contributed by atoms with Gasteiger partial charge in [-0.1, -0.05) is 36.8 Å². The molecule has 1 aliphatic carbocycles. The van der Waals surface area contributed by atoms with Crippen molar-refractivity contribution in [2.45, 2.75) is 37.5 Å². The number of hydrogen-bond acceptors (Lipinski definition) is 2. The lowest BCUT2D eigenvalue weighted by atomic mass is 9.63. The molecule has 4 nitrogen and oxygen atoms in total. The van der Waals surface area contributed by atoms with Gasteiger partial charge in [-0.15, -0.1) is 0 Å². The molecule has 0 aromatic heterocycles. The molecular weight excluding hydrogens is 266 g/mol. The van der Waals surface area contributed by atoms with Gasteiger partial charge in [0, 0.05) is 13.1 Å². The summed E-state index contributed by atoms with van der Waals surface area (Å²) < 4.78 is 0. The van der Waals surface area contributed by atoms with E-state index in [0.29, 0.717) is 19.5 Å². The van der Waals surface area contributed by atoms with Crippen molar-refractivity contribution < 1.29 is 14.7 Å². The Morgan fingerprint density at radius 3 is 2.43 bits per heavy atom. The number of benzene rings is 1. The molecule has 1 aromatic carbocycles. The smallest absolute Gasteiger partial charge is 0.308 e. The van der Waals surface area contributed by atoms with Gasteiger partial charge in [-0.25, -0.2) is 0 Å². The fraction of sp³-hybridized carbons (Fsp3) is 0.529. The number of carbonyl (C=O) groups is 2. The zero-order valence-electron chi connectivity index (χ0n) is 12.1. The van der Waals surface area contributed by atoms with Gasteiger partial charge in [0.2, 0.25) is 5.91 Å². The summed E-state index contributed by atoms with van der Waals surface area (Å²) in [5.41, 5.74) is 0.681. The van der Waals surface area contributed by atoms with Gasteiger partial charge in [-0.3, -0.25) is 9.59 Å². The molecule has 0 spiro atoms. The van der Waals surface area contributed by atoms with E-state index in [9.17, 15) is 14.7 Å². The molecule has 1 atom stereocenters. The first-order chi connectivity index (χ1) is 10.1. The van der Waals surface area contributed by atoms with E-state index < -0.39 is 17.3 Å². The number of carbonyl (C=O) groups excluding carboxylic acids is 1. The predicted molar refractivity (Wildman–Crippen MR) is 78.9 cm³/mol. The van der Waals surface area contributed by atoms with E-state index in [1.807, 2.05) is 30.3 Å². The van der Waals surface area contributed by atoms with Gasteiger partial charge in [0.25, 0.3) is 0 Å². The van der Waals surface area contributed by atoms with Gasteiger partial charge in [0.15, 0.2) is 0 Å². The lowest BCUT2D eigenvalue weighted by molar-refractivity contribution is -0.149. The molecule has 1 unspecified atom stereocenters. The Hall–Kier alpha value is -1.84. The van der Waals surface area contributed by atoms with Crippen LogP contribution in [0.4, 0.5) is 0 Å². The maximum atomic E-state index is 13.0. The Morgan fingerprint density at radius 1 is 1.14 bits per heavy atom. The molecule has 1 saturated heterocycles. The highest BCUT2D eigenvalue weighted by Gasteiger charge is 2.48. The van der Waals surface area contributed by atoms with E-state index in [2.05, 4.69) is 0 Å². The summed E-state index contributed by atoms with van der Waals surface area (Å²) in [6, 6.07) is 9.95. The number of piperidine rings is 1. The molecule has 1 amide bonds. The van der Waals surface area contributed by atoms with Gasteiger partial charge in [-0.2, -0.15) is 0 Å². The van der Waals surface area contributed by atoms with Crippen molar-refractivity contribution in [2.75, 3.05) is 13.1 Å². The number of hydrogen-bond donors (Lipinski definition) is 1. The molecule has 1 aromatic rings. The Kier molecular flexibility index (Phi) is 3.70. The molecule has 1 saturated carbocycles. The number of carboxylic acids is 1. The van der Waals surface area contributed by atoms with E-state index in [1.54, 1.807) is 4.90 Å². The van der Waals surface area contributed by atoms with Crippen LogP contribution in [0.3, 0.4) is 0 Å². The van der Waals surface area contributed by atoms with Crippen molar-refractivity contribution in [3.8, 4) is 0 Å². The molecule has 1 aliphatic heterocycles. The van der Waals surface area contributed by atoms with Crippen molar-refractivity contribution in [2.24, 2.45) is 5.92 Å². The van der Waals surface area contributed by atoms with Crippen LogP contribution in [0.25, 0.3) is 0 Å². The number of aliphatic carboxylic acids is 1. The molecule has 0 bridgehead atoms. The highest BCUT2D eigenvalue weighted by molar-refractivity contribution is 5.89. The summed E-state index contributed by atoms with van der Waals surface area (Å²) in [5.74, 6) is -1.06. The first kappa shape index (κ1) is 14.1. The number of rotatable bonds is 3. The lowest BCUT2D eigenvalue weighted by Crippen LogP contribution is -2.54. The maximum Gasteiger partial charge on any atom is 0.308 e. The molecule has 0 radical (unpaired) electrons. The summed E-state index contributed by atoms with van der Waals surface area (Å²) in [7, 11) is 0. The first-order valence-corrected chi connectivity index (χ1v) is 7.71. The highest BCUT2D eigenvalue weighted by Crippen LogP contribution is 2.45. The first-order valence-electron chi connectivity index (χ1n) is 7.71. The SMILES string of the molecule is O=C(O)C1CCCN(C(=O)C2(c3ccccc3)CCC2)C1. The second-order valence-electron chi connectivity index (χ2n) is 6.23. The minimum atomic E-state index is -0.783. The van der Waals surface area contributed by atoms with Crippen molar-refractivity contribution in [1.29, 1.82) is 0 Å². The largest absolute Gasteiger partial charge is 0.481 e. The van der Waals surface area contributed by atoms with Crippen molar-refractivity contribution >= 4 is 11.9 Å². The molecule has 21 heavy (non-hydrogen) atoms. The number of likely N-dealkylation sites (tertiary alicyclic amines) is 1. The van der Waals surface area contributed by atoms with Gasteiger partial charge >= 0.3 is 5.97 Å². The van der Waals surface area contributed by atoms with Crippen molar-refractivity contribution in [1.82, 2.24) is 4.90 Å². The zero-order valence-corrected chi connectivity index (χ0v) is 12.1. The van der Waals surface area contributed by atoms with E-state index in [4.69, 9.17) is 0 Å². The molecule has 112 valence electrons. The zero-order chi connectivity index (χ0) is 14.9. The van der Waals surface area contributed by atoms with Crippen LogP contribution < -0.4 is 0 Å². The molecule has 2 aliphatic rings. The third kappa shape index (κ3) is 2.43. The Bertz CT molecular complexity index is 536. The van der Waals surface area contributed by atoms with E-state index in [0.717, 1.165) is 31.2 Å². The standard InChI is InChI=1S/C17H21NO3/c19-15(20)13-6-4-11-18(12-13)16(21)17(9-5-10-17)14-7-2-1-3-8-14/h1-3,7-8,13H,4-6,9-12H2,(H,19,20). The van der Waals surface area contributed by atoms with Gasteiger partial charge in [0.1, 0.15) is 0 Å². The van der Waals surface area contributed by atoms with Crippen LogP contribution in [0, 0.1) is 5.92 Å². The molecule has 4 heteroatoms. The lowest BCUT2D eigenvalue weighted by Gasteiger charge is -2.45. The highest BCUT2D eigenvalue weighted by atomic mass is 16.4. The van der Waals surface area contributed by atoms with Crippen LogP contribution in [0.15, 0.2) is 30.3 Å². The summed E-state index contributed by atoms with van der Waals surface area (Å²) >= 11 is 0. The normalized spacial score (nSPS) is 24.2. The number of amides is 1. The number of carboxylic acid groups (broad SMARTS) is 1. The number of nitrogens with zero attached hydrogens (tertiary/aromatic N) is 1. The van der Waals surface area contributed by atoms with Crippen LogP contribution in [0.2, 0.25) is 0 Å². The van der Waals surface area contributed by atoms with Gasteiger partial charge in [-0.05, 0) is 31.2 Å². The third-order valence-corrected chi connectivity index (χ3v) is 5.00. The monoisotopic (exact) mass is 287 g/mol. The maximum absolute atomic E-state index is 13.0. The average molecular weight is 287 g/mol. The van der Waals surface area contributed by atoms with Crippen LogP contribution >= 0.6 is 0 Å². The van der Waals surface area contributed by atoms with Gasteiger partial charge in [0.05, 0.1) is 11.3 Å². The van der Waals surface area contributed by atoms with Gasteiger partial charge < -0.3 is 10.0 Å². The summed E-state index contributed by atoms with van der Waals surface area (Å²) in [4.78, 5) is 26.0. The Balaban J connectivity index is 1.81. The van der Waals surface area contributed by atoms with Crippen LogP contribution in [-0.4, -0.2) is 35.0 Å². The predicted octanol–water partition coefficient (Wildman–Crippen LogP) is 2.43. The second kappa shape index (κ2) is 5.51. The molecular formula is C17H21NO3. The molecule has 2 fully saturated rings. The Labute approximate surface area is 124 Å². The van der Waals surface area contributed by atoms with Crippen molar-refractivity contribution in [3.63, 3.8) is 0 Å². The van der Waals surface area contributed by atoms with Crippen LogP contribution in [0.1, 0.15) is 37.7 Å².